The van der Waals surface area contributed by atoms with Crippen LogP contribution in [0, 0.1) is 13.8 Å². The number of carboxylic acid groups (broad SMARTS) is 1. The highest BCUT2D eigenvalue weighted by Crippen LogP contribution is 2.22. The molecule has 0 aliphatic carbocycles. The van der Waals surface area contributed by atoms with Crippen molar-refractivity contribution in [2.45, 2.75) is 46.1 Å². The standard InChI is InChI=1S/C16H21N3O3S/c1-4-5-6-13(15(21)22)18-14(20)12-9-10(2)19(11(12)3)16-17-7-8-23-16/h7-9,13H,4-6H2,1-3H3,(H,18,20)(H,21,22)/t13-/m0/s1. The first-order valence-electron chi connectivity index (χ1n) is 7.58. The summed E-state index contributed by atoms with van der Waals surface area (Å²) >= 11 is 1.49. The number of aliphatic carboxylic acids is 1. The van der Waals surface area contributed by atoms with E-state index in [-0.39, 0.29) is 5.91 Å². The van der Waals surface area contributed by atoms with Gasteiger partial charge in [-0.1, -0.05) is 19.8 Å². The maximum Gasteiger partial charge on any atom is 0.326 e. The number of thiazole rings is 1. The fraction of sp³-hybridized carbons (Fsp3) is 0.438. The number of rotatable bonds is 7. The molecule has 2 aromatic rings. The fourth-order valence-electron chi connectivity index (χ4n) is 2.52. The maximum absolute atomic E-state index is 12.5. The van der Waals surface area contributed by atoms with Crippen molar-refractivity contribution in [2.24, 2.45) is 0 Å². The molecular formula is C16H21N3O3S. The Morgan fingerprint density at radius 1 is 1.43 bits per heavy atom. The van der Waals surface area contributed by atoms with Crippen LogP contribution in [0.3, 0.4) is 0 Å². The molecule has 0 aromatic carbocycles. The maximum atomic E-state index is 12.5. The SMILES string of the molecule is CCCC[C@H](NC(=O)c1cc(C)n(-c2nccs2)c1C)C(=O)O. The van der Waals surface area contributed by atoms with E-state index in [9.17, 15) is 14.7 Å². The van der Waals surface area contributed by atoms with Gasteiger partial charge in [-0.3, -0.25) is 9.36 Å². The lowest BCUT2D eigenvalue weighted by Gasteiger charge is -2.14. The quantitative estimate of drug-likeness (QED) is 0.815. The molecule has 0 saturated carbocycles. The van der Waals surface area contributed by atoms with Gasteiger partial charge in [0.25, 0.3) is 5.91 Å². The molecule has 2 aromatic heterocycles. The molecule has 2 heterocycles. The topological polar surface area (TPSA) is 84.2 Å². The first-order valence-corrected chi connectivity index (χ1v) is 8.46. The van der Waals surface area contributed by atoms with Crippen LogP contribution in [0.1, 0.15) is 47.9 Å². The number of carboxylic acids is 1. The Morgan fingerprint density at radius 3 is 2.74 bits per heavy atom. The van der Waals surface area contributed by atoms with Crippen molar-refractivity contribution < 1.29 is 14.7 Å². The van der Waals surface area contributed by atoms with Crippen LogP contribution in [0.2, 0.25) is 0 Å². The van der Waals surface area contributed by atoms with E-state index < -0.39 is 12.0 Å². The molecule has 0 spiro atoms. The Hall–Kier alpha value is -2.15. The minimum atomic E-state index is -1.000. The molecule has 2 rings (SSSR count). The van der Waals surface area contributed by atoms with Gasteiger partial charge in [0.15, 0.2) is 5.13 Å². The first kappa shape index (κ1) is 17.2. The molecule has 0 saturated heterocycles. The predicted octanol–water partition coefficient (Wildman–Crippen LogP) is 2.92. The van der Waals surface area contributed by atoms with Gasteiger partial charge in [0.05, 0.1) is 5.56 Å². The fourth-order valence-corrected chi connectivity index (χ4v) is 3.27. The smallest absolute Gasteiger partial charge is 0.326 e. The van der Waals surface area contributed by atoms with Crippen molar-refractivity contribution in [2.75, 3.05) is 0 Å². The summed E-state index contributed by atoms with van der Waals surface area (Å²) in [5.41, 5.74) is 2.14. The monoisotopic (exact) mass is 335 g/mol. The molecule has 7 heteroatoms. The Morgan fingerprint density at radius 2 is 2.17 bits per heavy atom. The second-order valence-corrected chi connectivity index (χ2v) is 6.31. The van der Waals surface area contributed by atoms with E-state index >= 15 is 0 Å². The van der Waals surface area contributed by atoms with E-state index in [2.05, 4.69) is 10.3 Å². The van der Waals surface area contributed by atoms with Crippen molar-refractivity contribution in [3.8, 4) is 5.13 Å². The summed E-state index contributed by atoms with van der Waals surface area (Å²) in [6.07, 6.45) is 3.79. The third-order valence-electron chi connectivity index (χ3n) is 3.74. The number of unbranched alkanes of at least 4 members (excludes halogenated alkanes) is 1. The largest absolute Gasteiger partial charge is 0.480 e. The molecule has 0 radical (unpaired) electrons. The van der Waals surface area contributed by atoms with Crippen molar-refractivity contribution in [1.82, 2.24) is 14.9 Å². The molecule has 1 amide bonds. The molecule has 124 valence electrons. The lowest BCUT2D eigenvalue weighted by Crippen LogP contribution is -2.40. The Kier molecular flexibility index (Phi) is 5.54. The van der Waals surface area contributed by atoms with Gasteiger partial charge in [0, 0.05) is 23.0 Å². The van der Waals surface area contributed by atoms with Gasteiger partial charge in [-0.05, 0) is 26.3 Å². The van der Waals surface area contributed by atoms with Crippen molar-refractivity contribution >= 4 is 23.2 Å². The highest BCUT2D eigenvalue weighted by atomic mass is 32.1. The first-order chi connectivity index (χ1) is 11.0. The number of amides is 1. The van der Waals surface area contributed by atoms with Gasteiger partial charge in [-0.15, -0.1) is 11.3 Å². The van der Waals surface area contributed by atoms with Gasteiger partial charge < -0.3 is 10.4 Å². The van der Waals surface area contributed by atoms with Crippen LogP contribution in [-0.4, -0.2) is 32.6 Å². The van der Waals surface area contributed by atoms with Gasteiger partial charge in [-0.25, -0.2) is 9.78 Å². The van der Waals surface area contributed by atoms with Crippen molar-refractivity contribution in [1.29, 1.82) is 0 Å². The number of nitrogens with one attached hydrogen (secondary N) is 1. The van der Waals surface area contributed by atoms with Crippen LogP contribution in [0.5, 0.6) is 0 Å². The molecule has 0 aliphatic rings. The normalized spacial score (nSPS) is 12.1. The molecular weight excluding hydrogens is 314 g/mol. The molecule has 2 N–H and O–H groups in total. The molecule has 0 aliphatic heterocycles. The predicted molar refractivity (Wildman–Crippen MR) is 89.3 cm³/mol. The van der Waals surface area contributed by atoms with E-state index in [0.717, 1.165) is 29.4 Å². The zero-order valence-electron chi connectivity index (χ0n) is 13.5. The van der Waals surface area contributed by atoms with Gasteiger partial charge in [0.2, 0.25) is 0 Å². The summed E-state index contributed by atoms with van der Waals surface area (Å²) in [6, 6.07) is 0.913. The number of hydrogen-bond acceptors (Lipinski definition) is 4. The van der Waals surface area contributed by atoms with Crippen LogP contribution in [0.25, 0.3) is 5.13 Å². The van der Waals surface area contributed by atoms with Crippen LogP contribution in [0.15, 0.2) is 17.6 Å². The zero-order valence-corrected chi connectivity index (χ0v) is 14.3. The van der Waals surface area contributed by atoms with Gasteiger partial charge >= 0.3 is 5.97 Å². The van der Waals surface area contributed by atoms with Crippen LogP contribution in [-0.2, 0) is 4.79 Å². The average Bonchev–Trinajstić information content (AvgIpc) is 3.11. The Balaban J connectivity index is 2.23. The van der Waals surface area contributed by atoms with E-state index in [1.807, 2.05) is 30.7 Å². The summed E-state index contributed by atoms with van der Waals surface area (Å²) in [5, 5.41) is 14.5. The lowest BCUT2D eigenvalue weighted by atomic mass is 10.1. The Bertz CT molecular complexity index is 692. The second-order valence-electron chi connectivity index (χ2n) is 5.44. The second kappa shape index (κ2) is 7.41. The van der Waals surface area contributed by atoms with Crippen molar-refractivity contribution in [3.63, 3.8) is 0 Å². The molecule has 6 nitrogen and oxygen atoms in total. The number of aryl methyl sites for hydroxylation is 1. The van der Waals surface area contributed by atoms with E-state index in [1.54, 1.807) is 12.3 Å². The summed E-state index contributed by atoms with van der Waals surface area (Å²) in [7, 11) is 0. The van der Waals surface area contributed by atoms with Gasteiger partial charge in [-0.2, -0.15) is 0 Å². The van der Waals surface area contributed by atoms with Crippen LogP contribution < -0.4 is 5.32 Å². The van der Waals surface area contributed by atoms with E-state index in [0.29, 0.717) is 12.0 Å². The minimum Gasteiger partial charge on any atom is -0.480 e. The van der Waals surface area contributed by atoms with Crippen molar-refractivity contribution in [3.05, 3.63) is 34.6 Å². The molecule has 1 atom stereocenters. The highest BCUT2D eigenvalue weighted by Gasteiger charge is 2.23. The summed E-state index contributed by atoms with van der Waals surface area (Å²) in [6.45, 7) is 5.73. The average molecular weight is 335 g/mol. The molecule has 0 fully saturated rings. The number of hydrogen-bond donors (Lipinski definition) is 2. The highest BCUT2D eigenvalue weighted by molar-refractivity contribution is 7.12. The Labute approximate surface area is 139 Å². The van der Waals surface area contributed by atoms with Crippen LogP contribution in [0.4, 0.5) is 0 Å². The number of carbonyl (C=O) groups excluding carboxylic acids is 1. The molecule has 23 heavy (non-hydrogen) atoms. The third kappa shape index (κ3) is 3.79. The summed E-state index contributed by atoms with van der Waals surface area (Å²) in [5.74, 6) is -1.36. The third-order valence-corrected chi connectivity index (χ3v) is 4.49. The number of nitrogens with zero attached hydrogens (tertiary/aromatic N) is 2. The minimum absolute atomic E-state index is 0.357. The van der Waals surface area contributed by atoms with E-state index in [1.165, 1.54) is 11.3 Å². The zero-order chi connectivity index (χ0) is 17.0. The summed E-state index contributed by atoms with van der Waals surface area (Å²) in [4.78, 5) is 28.0. The van der Waals surface area contributed by atoms with E-state index in [4.69, 9.17) is 0 Å². The number of aromatic nitrogens is 2. The lowest BCUT2D eigenvalue weighted by molar-refractivity contribution is -0.139. The number of carbonyl (C=O) groups is 2. The molecule has 0 unspecified atom stereocenters. The van der Waals surface area contributed by atoms with Gasteiger partial charge in [0.1, 0.15) is 6.04 Å². The van der Waals surface area contributed by atoms with Crippen LogP contribution >= 0.6 is 11.3 Å². The summed E-state index contributed by atoms with van der Waals surface area (Å²) < 4.78 is 1.90. The molecule has 0 bridgehead atoms.